The SMILES string of the molecule is CCc1cc2c(-n3cc(Cl)c(C)n3)nc(NN)nc2s1. The van der Waals surface area contributed by atoms with Crippen LogP contribution in [-0.4, -0.2) is 19.7 Å². The first kappa shape index (κ1) is 13.3. The molecule has 0 spiro atoms. The summed E-state index contributed by atoms with van der Waals surface area (Å²) in [6.07, 6.45) is 2.69. The first-order valence-electron chi connectivity index (χ1n) is 6.11. The topological polar surface area (TPSA) is 81.7 Å². The minimum absolute atomic E-state index is 0.362. The minimum atomic E-state index is 0.362. The van der Waals surface area contributed by atoms with Crippen LogP contribution in [0, 0.1) is 6.92 Å². The molecule has 0 aromatic carbocycles. The zero-order chi connectivity index (χ0) is 14.3. The van der Waals surface area contributed by atoms with Crippen molar-refractivity contribution in [3.63, 3.8) is 0 Å². The van der Waals surface area contributed by atoms with Crippen LogP contribution < -0.4 is 11.3 Å². The standard InChI is InChI=1S/C12H13ClN6S/c1-3-7-4-8-10(19-5-9(13)6(2)18-19)15-12(17-14)16-11(8)20-7/h4-5H,3,14H2,1-2H3,(H,15,16,17). The molecule has 6 nitrogen and oxygen atoms in total. The molecule has 0 aliphatic rings. The molecule has 3 aromatic rings. The van der Waals surface area contributed by atoms with Crippen LogP contribution in [-0.2, 0) is 6.42 Å². The number of thiophene rings is 1. The molecule has 3 rings (SSSR count). The fourth-order valence-electron chi connectivity index (χ4n) is 1.92. The van der Waals surface area contributed by atoms with Crippen molar-refractivity contribution in [2.75, 3.05) is 5.43 Å². The van der Waals surface area contributed by atoms with Crippen molar-refractivity contribution >= 4 is 39.1 Å². The van der Waals surface area contributed by atoms with Crippen molar-refractivity contribution in [2.45, 2.75) is 20.3 Å². The van der Waals surface area contributed by atoms with E-state index in [0.29, 0.717) is 16.8 Å². The van der Waals surface area contributed by atoms with E-state index in [2.05, 4.69) is 33.5 Å². The Morgan fingerprint density at radius 2 is 2.25 bits per heavy atom. The highest BCUT2D eigenvalue weighted by atomic mass is 35.5. The molecule has 3 aromatic heterocycles. The molecule has 0 aliphatic carbocycles. The number of nitrogens with two attached hydrogens (primary N) is 1. The highest BCUT2D eigenvalue weighted by Crippen LogP contribution is 2.30. The first-order valence-corrected chi connectivity index (χ1v) is 7.31. The lowest BCUT2D eigenvalue weighted by molar-refractivity contribution is 0.837. The molecule has 0 radical (unpaired) electrons. The molecule has 0 fully saturated rings. The Morgan fingerprint density at radius 3 is 2.85 bits per heavy atom. The largest absolute Gasteiger partial charge is 0.292 e. The number of nitrogens with one attached hydrogen (secondary N) is 1. The molecule has 0 saturated heterocycles. The van der Waals surface area contributed by atoms with Crippen molar-refractivity contribution in [1.82, 2.24) is 19.7 Å². The van der Waals surface area contributed by atoms with Gasteiger partial charge in [0.2, 0.25) is 5.95 Å². The third-order valence-corrected chi connectivity index (χ3v) is 4.50. The maximum atomic E-state index is 6.07. The lowest BCUT2D eigenvalue weighted by atomic mass is 10.3. The van der Waals surface area contributed by atoms with Gasteiger partial charge in [0.05, 0.1) is 22.3 Å². The molecule has 0 saturated carbocycles. The number of fused-ring (bicyclic) bond motifs is 1. The molecule has 20 heavy (non-hydrogen) atoms. The molecular formula is C12H13ClN6S. The van der Waals surface area contributed by atoms with E-state index < -0.39 is 0 Å². The number of aromatic nitrogens is 4. The van der Waals surface area contributed by atoms with Crippen LogP contribution >= 0.6 is 22.9 Å². The van der Waals surface area contributed by atoms with Gasteiger partial charge in [-0.15, -0.1) is 11.3 Å². The van der Waals surface area contributed by atoms with E-state index in [-0.39, 0.29) is 0 Å². The molecule has 0 unspecified atom stereocenters. The predicted molar refractivity (Wildman–Crippen MR) is 81.5 cm³/mol. The zero-order valence-electron chi connectivity index (χ0n) is 11.0. The summed E-state index contributed by atoms with van der Waals surface area (Å²) in [5.74, 6) is 6.47. The Kier molecular flexibility index (Phi) is 3.33. The quantitative estimate of drug-likeness (QED) is 0.574. The average molecular weight is 309 g/mol. The van der Waals surface area contributed by atoms with Crippen LogP contribution in [0.25, 0.3) is 16.0 Å². The van der Waals surface area contributed by atoms with Crippen LogP contribution in [0.4, 0.5) is 5.95 Å². The van der Waals surface area contributed by atoms with Gasteiger partial charge in [0.1, 0.15) is 4.83 Å². The number of aryl methyl sites for hydroxylation is 2. The van der Waals surface area contributed by atoms with Gasteiger partial charge in [-0.25, -0.2) is 15.5 Å². The van der Waals surface area contributed by atoms with Gasteiger partial charge >= 0.3 is 0 Å². The van der Waals surface area contributed by atoms with Crippen molar-refractivity contribution in [3.05, 3.63) is 27.9 Å². The molecule has 8 heteroatoms. The number of nitrogens with zero attached hydrogens (tertiary/aromatic N) is 4. The third-order valence-electron chi connectivity index (χ3n) is 2.96. The smallest absolute Gasteiger partial charge is 0.240 e. The zero-order valence-corrected chi connectivity index (χ0v) is 12.6. The van der Waals surface area contributed by atoms with Crippen LogP contribution in [0.1, 0.15) is 17.5 Å². The van der Waals surface area contributed by atoms with Gasteiger partial charge in [0.25, 0.3) is 0 Å². The van der Waals surface area contributed by atoms with E-state index >= 15 is 0 Å². The number of anilines is 1. The van der Waals surface area contributed by atoms with E-state index in [1.807, 2.05) is 6.92 Å². The third kappa shape index (κ3) is 2.13. The summed E-state index contributed by atoms with van der Waals surface area (Å²) in [4.78, 5) is 10.9. The number of rotatable bonds is 3. The lowest BCUT2D eigenvalue weighted by Crippen LogP contribution is -2.12. The number of halogens is 1. The monoisotopic (exact) mass is 308 g/mol. The van der Waals surface area contributed by atoms with E-state index in [0.717, 1.165) is 22.3 Å². The fraction of sp³-hybridized carbons (Fsp3) is 0.250. The predicted octanol–water partition coefficient (Wildman–Crippen LogP) is 2.69. The second-order valence-corrected chi connectivity index (χ2v) is 5.83. The second kappa shape index (κ2) is 5.01. The number of hydrazine groups is 1. The summed E-state index contributed by atoms with van der Waals surface area (Å²) in [7, 11) is 0. The van der Waals surface area contributed by atoms with Gasteiger partial charge in [0.15, 0.2) is 5.82 Å². The number of hydrogen-bond acceptors (Lipinski definition) is 6. The average Bonchev–Trinajstić information content (AvgIpc) is 3.01. The van der Waals surface area contributed by atoms with Crippen LogP contribution in [0.3, 0.4) is 0 Å². The molecule has 0 atom stereocenters. The maximum Gasteiger partial charge on any atom is 0.240 e. The minimum Gasteiger partial charge on any atom is -0.292 e. The maximum absolute atomic E-state index is 6.07. The Balaban J connectivity index is 2.28. The fourth-order valence-corrected chi connectivity index (χ4v) is 3.01. The van der Waals surface area contributed by atoms with Crippen molar-refractivity contribution in [2.24, 2.45) is 5.84 Å². The summed E-state index contributed by atoms with van der Waals surface area (Å²) in [6.45, 7) is 3.96. The van der Waals surface area contributed by atoms with E-state index in [1.165, 1.54) is 4.88 Å². The summed E-state index contributed by atoms with van der Waals surface area (Å²) in [5, 5.41) is 5.92. The van der Waals surface area contributed by atoms with Crippen molar-refractivity contribution < 1.29 is 0 Å². The Morgan fingerprint density at radius 1 is 1.45 bits per heavy atom. The van der Waals surface area contributed by atoms with Gasteiger partial charge in [-0.1, -0.05) is 18.5 Å². The first-order chi connectivity index (χ1) is 9.62. The number of nitrogen functional groups attached to an aromatic ring is 1. The van der Waals surface area contributed by atoms with Gasteiger partial charge < -0.3 is 0 Å². The molecule has 104 valence electrons. The highest BCUT2D eigenvalue weighted by molar-refractivity contribution is 7.18. The van der Waals surface area contributed by atoms with E-state index in [9.17, 15) is 0 Å². The molecular weight excluding hydrogens is 296 g/mol. The van der Waals surface area contributed by atoms with Crippen molar-refractivity contribution in [3.8, 4) is 5.82 Å². The Hall–Kier alpha value is -1.70. The summed E-state index contributed by atoms with van der Waals surface area (Å²) >= 11 is 7.70. The van der Waals surface area contributed by atoms with Crippen LogP contribution in [0.5, 0.6) is 0 Å². The molecule has 3 N–H and O–H groups in total. The van der Waals surface area contributed by atoms with Gasteiger partial charge in [0, 0.05) is 4.88 Å². The molecule has 0 amide bonds. The van der Waals surface area contributed by atoms with Gasteiger partial charge in [-0.05, 0) is 19.4 Å². The van der Waals surface area contributed by atoms with Crippen LogP contribution in [0.2, 0.25) is 5.02 Å². The molecule has 0 aliphatic heterocycles. The normalized spacial score (nSPS) is 11.2. The summed E-state index contributed by atoms with van der Waals surface area (Å²) in [6, 6.07) is 2.08. The van der Waals surface area contributed by atoms with Crippen molar-refractivity contribution in [1.29, 1.82) is 0 Å². The Bertz CT molecular complexity index is 758. The van der Waals surface area contributed by atoms with Crippen LogP contribution in [0.15, 0.2) is 12.3 Å². The summed E-state index contributed by atoms with van der Waals surface area (Å²) in [5.41, 5.74) is 3.24. The molecule has 0 bridgehead atoms. The molecule has 3 heterocycles. The Labute approximate surface area is 124 Å². The van der Waals surface area contributed by atoms with Gasteiger partial charge in [-0.2, -0.15) is 10.1 Å². The highest BCUT2D eigenvalue weighted by Gasteiger charge is 2.14. The lowest BCUT2D eigenvalue weighted by Gasteiger charge is -2.04. The number of hydrogen-bond donors (Lipinski definition) is 2. The van der Waals surface area contributed by atoms with E-state index in [1.54, 1.807) is 22.2 Å². The van der Waals surface area contributed by atoms with E-state index in [4.69, 9.17) is 17.4 Å². The second-order valence-electron chi connectivity index (χ2n) is 4.31. The summed E-state index contributed by atoms with van der Waals surface area (Å²) < 4.78 is 1.66. The van der Waals surface area contributed by atoms with Gasteiger partial charge in [-0.3, -0.25) is 5.43 Å².